The summed E-state index contributed by atoms with van der Waals surface area (Å²) in [5, 5.41) is 2.55. The molecule has 0 saturated carbocycles. The number of nitrogens with one attached hydrogen (secondary N) is 1. The second-order valence-electron chi connectivity index (χ2n) is 5.41. The summed E-state index contributed by atoms with van der Waals surface area (Å²) in [5.74, 6) is -8.56. The summed E-state index contributed by atoms with van der Waals surface area (Å²) in [6.07, 6.45) is 0. The Morgan fingerprint density at radius 2 is 1.46 bits per heavy atom. The van der Waals surface area contributed by atoms with Crippen LogP contribution in [0.15, 0.2) is 18.2 Å². The van der Waals surface area contributed by atoms with E-state index >= 15 is 0 Å². The van der Waals surface area contributed by atoms with Crippen LogP contribution in [0.2, 0.25) is 0 Å². The molecule has 0 unspecified atom stereocenters. The number of halogens is 4. The third-order valence-electron chi connectivity index (χ3n) is 3.36. The van der Waals surface area contributed by atoms with Crippen LogP contribution in [0.25, 0.3) is 0 Å². The molecule has 3 nitrogen and oxygen atoms in total. The van der Waals surface area contributed by atoms with Crippen LogP contribution >= 0.6 is 0 Å². The fraction of sp³-hybridized carbons (Fsp3) is 0.235. The first kappa shape index (κ1) is 17.8. The van der Waals surface area contributed by atoms with Crippen LogP contribution in [0.5, 0.6) is 5.75 Å². The van der Waals surface area contributed by atoms with Crippen LogP contribution in [-0.2, 0) is 4.79 Å². The highest BCUT2D eigenvalue weighted by atomic mass is 19.2. The number of hydrogen-bond acceptors (Lipinski definition) is 2. The summed E-state index contributed by atoms with van der Waals surface area (Å²) in [6, 6.07) is 3.77. The molecule has 128 valence electrons. The summed E-state index contributed by atoms with van der Waals surface area (Å²) in [7, 11) is 0. The van der Waals surface area contributed by atoms with Gasteiger partial charge in [0.2, 0.25) is 11.6 Å². The molecule has 7 heteroatoms. The third-order valence-corrected chi connectivity index (χ3v) is 3.36. The van der Waals surface area contributed by atoms with Gasteiger partial charge in [-0.2, -0.15) is 8.78 Å². The monoisotopic (exact) mass is 341 g/mol. The molecule has 0 radical (unpaired) electrons. The maximum atomic E-state index is 13.5. The van der Waals surface area contributed by atoms with Gasteiger partial charge < -0.3 is 10.1 Å². The fourth-order valence-corrected chi connectivity index (χ4v) is 2.37. The van der Waals surface area contributed by atoms with E-state index in [1.165, 1.54) is 0 Å². The number of ether oxygens (including phenoxy) is 1. The number of amides is 1. The minimum atomic E-state index is -1.69. The zero-order valence-corrected chi connectivity index (χ0v) is 13.3. The average Bonchev–Trinajstić information content (AvgIpc) is 2.49. The number of benzene rings is 2. The summed E-state index contributed by atoms with van der Waals surface area (Å²) in [6.45, 7) is 4.68. The lowest BCUT2D eigenvalue weighted by molar-refractivity contribution is -0.118. The van der Waals surface area contributed by atoms with E-state index in [4.69, 9.17) is 0 Å². The Balaban J connectivity index is 2.13. The molecule has 2 aromatic carbocycles. The maximum absolute atomic E-state index is 13.5. The normalized spacial score (nSPS) is 10.6. The number of rotatable bonds is 4. The SMILES string of the molecule is Cc1cc(C)c(NC(=O)COc2c(F)c(F)cc(F)c2F)c(C)c1. The van der Waals surface area contributed by atoms with Gasteiger partial charge in [-0.3, -0.25) is 4.79 Å². The Labute approximate surface area is 136 Å². The molecule has 0 aliphatic heterocycles. The van der Waals surface area contributed by atoms with Crippen molar-refractivity contribution in [1.82, 2.24) is 0 Å². The first-order valence-electron chi connectivity index (χ1n) is 7.04. The van der Waals surface area contributed by atoms with Crippen LogP contribution in [0.1, 0.15) is 16.7 Å². The number of carbonyl (C=O) groups is 1. The molecule has 24 heavy (non-hydrogen) atoms. The zero-order chi connectivity index (χ0) is 18.0. The lowest BCUT2D eigenvalue weighted by Crippen LogP contribution is -2.22. The van der Waals surface area contributed by atoms with E-state index in [0.717, 1.165) is 16.7 Å². The Morgan fingerprint density at radius 1 is 0.958 bits per heavy atom. The standard InChI is InChI=1S/C17H15F4NO2/c1-8-4-9(2)16(10(3)5-8)22-13(23)7-24-17-14(20)11(18)6-12(19)15(17)21/h4-6H,7H2,1-3H3,(H,22,23). The molecule has 0 aliphatic rings. The molecule has 0 saturated heterocycles. The van der Waals surface area contributed by atoms with Crippen LogP contribution in [0, 0.1) is 44.0 Å². The Hall–Kier alpha value is -2.57. The highest BCUT2D eigenvalue weighted by Gasteiger charge is 2.21. The van der Waals surface area contributed by atoms with E-state index in [-0.39, 0.29) is 6.07 Å². The van der Waals surface area contributed by atoms with E-state index in [2.05, 4.69) is 10.1 Å². The first-order chi connectivity index (χ1) is 11.2. The van der Waals surface area contributed by atoms with Gasteiger partial charge in [-0.15, -0.1) is 0 Å². The molecule has 1 amide bonds. The molecule has 0 aliphatic carbocycles. The van der Waals surface area contributed by atoms with Crippen LogP contribution < -0.4 is 10.1 Å². The minimum Gasteiger partial charge on any atom is -0.477 e. The smallest absolute Gasteiger partial charge is 0.262 e. The number of carbonyl (C=O) groups excluding carboxylic acids is 1. The summed E-state index contributed by atoms with van der Waals surface area (Å²) in [5.41, 5.74) is 3.16. The molecule has 2 rings (SSSR count). The molecule has 0 aromatic heterocycles. The van der Waals surface area contributed by atoms with Crippen molar-refractivity contribution >= 4 is 11.6 Å². The highest BCUT2D eigenvalue weighted by Crippen LogP contribution is 2.26. The van der Waals surface area contributed by atoms with Gasteiger partial charge in [-0.1, -0.05) is 17.7 Å². The molecule has 0 spiro atoms. The third kappa shape index (κ3) is 3.67. The van der Waals surface area contributed by atoms with Crippen molar-refractivity contribution in [3.63, 3.8) is 0 Å². The predicted molar refractivity (Wildman–Crippen MR) is 81.1 cm³/mol. The molecular weight excluding hydrogens is 326 g/mol. The van der Waals surface area contributed by atoms with Crippen molar-refractivity contribution in [2.75, 3.05) is 11.9 Å². The van der Waals surface area contributed by atoms with Gasteiger partial charge in [0.05, 0.1) is 0 Å². The van der Waals surface area contributed by atoms with Gasteiger partial charge in [0, 0.05) is 11.8 Å². The average molecular weight is 341 g/mol. The van der Waals surface area contributed by atoms with Crippen molar-refractivity contribution in [3.8, 4) is 5.75 Å². The van der Waals surface area contributed by atoms with Crippen molar-refractivity contribution in [3.05, 3.63) is 58.2 Å². The predicted octanol–water partition coefficient (Wildman–Crippen LogP) is 4.19. The largest absolute Gasteiger partial charge is 0.477 e. The zero-order valence-electron chi connectivity index (χ0n) is 13.3. The van der Waals surface area contributed by atoms with E-state index in [0.29, 0.717) is 5.69 Å². The summed E-state index contributed by atoms with van der Waals surface area (Å²) < 4.78 is 57.7. The molecule has 0 fully saturated rings. The van der Waals surface area contributed by atoms with Crippen LogP contribution in [-0.4, -0.2) is 12.5 Å². The van der Waals surface area contributed by atoms with E-state index in [1.807, 2.05) is 19.1 Å². The second-order valence-corrected chi connectivity index (χ2v) is 5.41. The first-order valence-corrected chi connectivity index (χ1v) is 7.04. The maximum Gasteiger partial charge on any atom is 0.262 e. The van der Waals surface area contributed by atoms with Crippen molar-refractivity contribution in [1.29, 1.82) is 0 Å². The molecule has 0 bridgehead atoms. The van der Waals surface area contributed by atoms with Gasteiger partial charge in [-0.05, 0) is 31.9 Å². The van der Waals surface area contributed by atoms with Crippen LogP contribution in [0.3, 0.4) is 0 Å². The number of hydrogen-bond donors (Lipinski definition) is 1. The summed E-state index contributed by atoms with van der Waals surface area (Å²) >= 11 is 0. The van der Waals surface area contributed by atoms with Gasteiger partial charge in [0.1, 0.15) is 0 Å². The van der Waals surface area contributed by atoms with E-state index in [1.54, 1.807) is 13.8 Å². The lowest BCUT2D eigenvalue weighted by Gasteiger charge is -2.14. The Bertz CT molecular complexity index is 756. The van der Waals surface area contributed by atoms with Crippen molar-refractivity contribution in [2.24, 2.45) is 0 Å². The lowest BCUT2D eigenvalue weighted by atomic mass is 10.1. The molecule has 1 N–H and O–H groups in total. The van der Waals surface area contributed by atoms with E-state index in [9.17, 15) is 22.4 Å². The van der Waals surface area contributed by atoms with Gasteiger partial charge in [0.25, 0.3) is 5.91 Å². The topological polar surface area (TPSA) is 38.3 Å². The molecule has 0 atom stereocenters. The second kappa shape index (κ2) is 6.90. The molecule has 0 heterocycles. The van der Waals surface area contributed by atoms with Gasteiger partial charge in [0.15, 0.2) is 24.0 Å². The molecular formula is C17H15F4NO2. The Kier molecular flexibility index (Phi) is 5.11. The fourth-order valence-electron chi connectivity index (χ4n) is 2.37. The van der Waals surface area contributed by atoms with Crippen molar-refractivity contribution < 1.29 is 27.1 Å². The van der Waals surface area contributed by atoms with Gasteiger partial charge in [-0.25, -0.2) is 8.78 Å². The van der Waals surface area contributed by atoms with Crippen LogP contribution in [0.4, 0.5) is 23.2 Å². The summed E-state index contributed by atoms with van der Waals surface area (Å²) in [4.78, 5) is 11.9. The van der Waals surface area contributed by atoms with Crippen molar-refractivity contribution in [2.45, 2.75) is 20.8 Å². The highest BCUT2D eigenvalue weighted by molar-refractivity contribution is 5.93. The van der Waals surface area contributed by atoms with E-state index < -0.39 is 41.5 Å². The Morgan fingerprint density at radius 3 is 1.96 bits per heavy atom. The van der Waals surface area contributed by atoms with Gasteiger partial charge >= 0.3 is 0 Å². The quantitative estimate of drug-likeness (QED) is 0.669. The number of aryl methyl sites for hydroxylation is 3. The molecule has 2 aromatic rings. The minimum absolute atomic E-state index is 0.0661. The number of anilines is 1.